The number of nitrogens with two attached hydrogens (primary N) is 1. The summed E-state index contributed by atoms with van der Waals surface area (Å²) in [6, 6.07) is 6.39. The molecule has 0 saturated carbocycles. The van der Waals surface area contributed by atoms with Crippen molar-refractivity contribution in [2.24, 2.45) is 11.7 Å². The quantitative estimate of drug-likeness (QED) is 0.908. The van der Waals surface area contributed by atoms with Crippen molar-refractivity contribution in [1.82, 2.24) is 9.80 Å². The van der Waals surface area contributed by atoms with Gasteiger partial charge in [0, 0.05) is 50.2 Å². The number of nitrogens with zero attached hydrogens (tertiary/aromatic N) is 2. The molecule has 0 bridgehead atoms. The molecule has 0 aromatic heterocycles. The van der Waals surface area contributed by atoms with Crippen molar-refractivity contribution >= 4 is 0 Å². The van der Waals surface area contributed by atoms with E-state index in [-0.39, 0.29) is 11.6 Å². The Balaban J connectivity index is 1.81. The summed E-state index contributed by atoms with van der Waals surface area (Å²) in [5.74, 6) is 1.27. The molecule has 0 spiro atoms. The molecule has 2 unspecified atom stereocenters. The Hall–Kier alpha value is -1.10. The van der Waals surface area contributed by atoms with Crippen molar-refractivity contribution < 1.29 is 4.74 Å². The molecule has 0 aliphatic carbocycles. The van der Waals surface area contributed by atoms with Crippen LogP contribution >= 0.6 is 0 Å². The second-order valence-corrected chi connectivity index (χ2v) is 7.48. The van der Waals surface area contributed by atoms with Crippen LogP contribution in [0.5, 0.6) is 5.75 Å². The number of likely N-dealkylation sites (N-methyl/N-ethyl adjacent to an activating group) is 1. The molecule has 2 aliphatic rings. The first kappa shape index (κ1) is 15.8. The van der Waals surface area contributed by atoms with Crippen molar-refractivity contribution in [2.75, 3.05) is 39.8 Å². The molecule has 4 nitrogen and oxygen atoms in total. The first-order valence-corrected chi connectivity index (χ1v) is 8.33. The zero-order chi connectivity index (χ0) is 15.9. The van der Waals surface area contributed by atoms with Gasteiger partial charge in [-0.15, -0.1) is 0 Å². The number of piperazine rings is 1. The van der Waals surface area contributed by atoms with Crippen LogP contribution in [-0.2, 0) is 0 Å². The monoisotopic (exact) mass is 303 g/mol. The van der Waals surface area contributed by atoms with Crippen LogP contribution in [0.25, 0.3) is 0 Å². The van der Waals surface area contributed by atoms with E-state index >= 15 is 0 Å². The van der Waals surface area contributed by atoms with E-state index in [2.05, 4.69) is 55.8 Å². The zero-order valence-corrected chi connectivity index (χ0v) is 14.3. The summed E-state index contributed by atoms with van der Waals surface area (Å²) in [4.78, 5) is 4.92. The van der Waals surface area contributed by atoms with Gasteiger partial charge in [0.25, 0.3) is 0 Å². The van der Waals surface area contributed by atoms with Gasteiger partial charge in [-0.1, -0.05) is 17.7 Å². The summed E-state index contributed by atoms with van der Waals surface area (Å²) in [6.45, 7) is 12.0. The fraction of sp³-hybridized carbons (Fsp3) is 0.667. The van der Waals surface area contributed by atoms with Gasteiger partial charge < -0.3 is 20.3 Å². The standard InChI is InChI=1S/C18H29N3O/c1-13-5-6-16-14(11-13)17(19)15(18(2,3)22-16)12-21-9-7-20(4)8-10-21/h5-6,11,15,17H,7-10,12,19H2,1-4H3. The van der Waals surface area contributed by atoms with Gasteiger partial charge in [0.15, 0.2) is 0 Å². The van der Waals surface area contributed by atoms with Gasteiger partial charge >= 0.3 is 0 Å². The third-order valence-electron chi connectivity index (χ3n) is 5.27. The highest BCUT2D eigenvalue weighted by Gasteiger charge is 2.43. The van der Waals surface area contributed by atoms with Gasteiger partial charge in [0.1, 0.15) is 11.4 Å². The molecule has 1 fully saturated rings. The molecule has 3 rings (SSSR count). The third kappa shape index (κ3) is 3.00. The van der Waals surface area contributed by atoms with Crippen LogP contribution < -0.4 is 10.5 Å². The highest BCUT2D eigenvalue weighted by molar-refractivity contribution is 5.42. The van der Waals surface area contributed by atoms with E-state index in [0.717, 1.165) is 38.5 Å². The van der Waals surface area contributed by atoms with Crippen LogP contribution in [-0.4, -0.2) is 55.2 Å². The topological polar surface area (TPSA) is 41.7 Å². The molecule has 4 heteroatoms. The van der Waals surface area contributed by atoms with Crippen LogP contribution in [0.2, 0.25) is 0 Å². The predicted octanol–water partition coefficient (Wildman–Crippen LogP) is 2.03. The van der Waals surface area contributed by atoms with Crippen molar-refractivity contribution in [1.29, 1.82) is 0 Å². The third-order valence-corrected chi connectivity index (χ3v) is 5.27. The summed E-state index contributed by atoms with van der Waals surface area (Å²) < 4.78 is 6.30. The molecule has 2 atom stereocenters. The predicted molar refractivity (Wildman–Crippen MR) is 90.2 cm³/mol. The maximum Gasteiger partial charge on any atom is 0.124 e. The normalized spacial score (nSPS) is 29.0. The van der Waals surface area contributed by atoms with E-state index in [1.54, 1.807) is 0 Å². The Labute approximate surface area is 134 Å². The number of hydrogen-bond donors (Lipinski definition) is 1. The van der Waals surface area contributed by atoms with Gasteiger partial charge in [0.2, 0.25) is 0 Å². The average Bonchev–Trinajstić information content (AvgIpc) is 2.46. The summed E-state index contributed by atoms with van der Waals surface area (Å²) in [6.07, 6.45) is 0. The Morgan fingerprint density at radius 1 is 1.23 bits per heavy atom. The maximum absolute atomic E-state index is 6.66. The number of fused-ring (bicyclic) bond motifs is 1. The first-order chi connectivity index (χ1) is 10.4. The van der Waals surface area contributed by atoms with Crippen LogP contribution in [0.3, 0.4) is 0 Å². The van der Waals surface area contributed by atoms with Crippen LogP contribution in [0.1, 0.15) is 31.0 Å². The number of aryl methyl sites for hydroxylation is 1. The Morgan fingerprint density at radius 3 is 2.59 bits per heavy atom. The lowest BCUT2D eigenvalue weighted by Gasteiger charge is -2.46. The Kier molecular flexibility index (Phi) is 4.19. The van der Waals surface area contributed by atoms with Crippen molar-refractivity contribution in [3.8, 4) is 5.75 Å². The largest absolute Gasteiger partial charge is 0.487 e. The summed E-state index contributed by atoms with van der Waals surface area (Å²) in [7, 11) is 2.19. The van der Waals surface area contributed by atoms with Gasteiger partial charge in [-0.05, 0) is 33.9 Å². The summed E-state index contributed by atoms with van der Waals surface area (Å²) >= 11 is 0. The molecule has 122 valence electrons. The first-order valence-electron chi connectivity index (χ1n) is 8.33. The SMILES string of the molecule is Cc1ccc2c(c1)C(N)C(CN1CCN(C)CC1)C(C)(C)O2. The number of ether oxygens (including phenoxy) is 1. The van der Waals surface area contributed by atoms with Crippen molar-refractivity contribution in [2.45, 2.75) is 32.4 Å². The fourth-order valence-corrected chi connectivity index (χ4v) is 3.67. The lowest BCUT2D eigenvalue weighted by Crippen LogP contribution is -2.54. The maximum atomic E-state index is 6.66. The second-order valence-electron chi connectivity index (χ2n) is 7.48. The molecule has 0 amide bonds. The molecule has 1 saturated heterocycles. The number of rotatable bonds is 2. The minimum Gasteiger partial charge on any atom is -0.487 e. The lowest BCUT2D eigenvalue weighted by atomic mass is 9.78. The molecule has 0 radical (unpaired) electrons. The Bertz CT molecular complexity index is 535. The average molecular weight is 303 g/mol. The highest BCUT2D eigenvalue weighted by atomic mass is 16.5. The van der Waals surface area contributed by atoms with E-state index < -0.39 is 0 Å². The number of hydrogen-bond acceptors (Lipinski definition) is 4. The van der Waals surface area contributed by atoms with E-state index in [0.29, 0.717) is 5.92 Å². The zero-order valence-electron chi connectivity index (χ0n) is 14.3. The minimum absolute atomic E-state index is 0.0401. The smallest absolute Gasteiger partial charge is 0.124 e. The van der Waals surface area contributed by atoms with Gasteiger partial charge in [0.05, 0.1) is 0 Å². The van der Waals surface area contributed by atoms with Gasteiger partial charge in [-0.2, -0.15) is 0 Å². The van der Waals surface area contributed by atoms with Gasteiger partial charge in [-0.25, -0.2) is 0 Å². The minimum atomic E-state index is -0.231. The summed E-state index contributed by atoms with van der Waals surface area (Å²) in [5.41, 5.74) is 8.84. The molecule has 1 aromatic carbocycles. The molecule has 2 heterocycles. The van der Waals surface area contributed by atoms with E-state index in [1.807, 2.05) is 0 Å². The van der Waals surface area contributed by atoms with Crippen molar-refractivity contribution in [3.05, 3.63) is 29.3 Å². The molecule has 22 heavy (non-hydrogen) atoms. The van der Waals surface area contributed by atoms with E-state index in [1.165, 1.54) is 11.1 Å². The van der Waals surface area contributed by atoms with E-state index in [9.17, 15) is 0 Å². The van der Waals surface area contributed by atoms with Gasteiger partial charge in [-0.3, -0.25) is 0 Å². The van der Waals surface area contributed by atoms with Crippen molar-refractivity contribution in [3.63, 3.8) is 0 Å². The van der Waals surface area contributed by atoms with Crippen LogP contribution in [0.15, 0.2) is 18.2 Å². The molecule has 2 aliphatic heterocycles. The molecule has 1 aromatic rings. The highest BCUT2D eigenvalue weighted by Crippen LogP contribution is 2.43. The van der Waals surface area contributed by atoms with Crippen LogP contribution in [0.4, 0.5) is 0 Å². The molecular formula is C18H29N3O. The van der Waals surface area contributed by atoms with E-state index in [4.69, 9.17) is 10.5 Å². The second kappa shape index (κ2) is 5.84. The number of benzene rings is 1. The fourth-order valence-electron chi connectivity index (χ4n) is 3.67. The molecule has 2 N–H and O–H groups in total. The molecular weight excluding hydrogens is 274 g/mol. The summed E-state index contributed by atoms with van der Waals surface area (Å²) in [5, 5.41) is 0. The van der Waals surface area contributed by atoms with Crippen LogP contribution in [0, 0.1) is 12.8 Å². The lowest BCUT2D eigenvalue weighted by molar-refractivity contribution is -0.0125. The Morgan fingerprint density at radius 2 is 1.91 bits per heavy atom.